The van der Waals surface area contributed by atoms with Crippen LogP contribution < -0.4 is 20.1 Å². The number of hydrogen-bond acceptors (Lipinski definition) is 4. The van der Waals surface area contributed by atoms with Gasteiger partial charge in [-0.05, 0) is 17.7 Å². The van der Waals surface area contributed by atoms with Crippen molar-refractivity contribution in [1.29, 1.82) is 0 Å². The van der Waals surface area contributed by atoms with Gasteiger partial charge in [-0.2, -0.15) is 0 Å². The van der Waals surface area contributed by atoms with Crippen LogP contribution in [-0.4, -0.2) is 25.0 Å². The van der Waals surface area contributed by atoms with Crippen LogP contribution in [0.3, 0.4) is 0 Å². The minimum atomic E-state index is -0.379. The Labute approximate surface area is 146 Å². The van der Waals surface area contributed by atoms with Crippen molar-refractivity contribution in [3.63, 3.8) is 0 Å². The molecule has 130 valence electrons. The van der Waals surface area contributed by atoms with Crippen molar-refractivity contribution in [3.05, 3.63) is 54.1 Å². The van der Waals surface area contributed by atoms with E-state index in [0.29, 0.717) is 30.4 Å². The molecule has 0 saturated heterocycles. The van der Waals surface area contributed by atoms with Crippen LogP contribution in [0.2, 0.25) is 0 Å². The first-order chi connectivity index (χ1) is 12.1. The van der Waals surface area contributed by atoms with E-state index in [1.165, 1.54) is 6.92 Å². The fourth-order valence-electron chi connectivity index (χ4n) is 2.70. The predicted octanol–water partition coefficient (Wildman–Crippen LogP) is 2.66. The zero-order valence-corrected chi connectivity index (χ0v) is 14.0. The highest BCUT2D eigenvalue weighted by Gasteiger charge is 2.18. The van der Waals surface area contributed by atoms with Crippen LogP contribution in [0.25, 0.3) is 0 Å². The Kier molecular flexibility index (Phi) is 5.18. The third-order valence-corrected chi connectivity index (χ3v) is 3.79. The summed E-state index contributed by atoms with van der Waals surface area (Å²) < 4.78 is 11.0. The normalized spacial score (nSPS) is 13.6. The SMILES string of the molecule is CC(=O)N[C@@H](CC(=O)Nc1ccc2c(c1)OCCO2)c1ccccc1. The number of anilines is 1. The monoisotopic (exact) mass is 340 g/mol. The molecule has 1 aliphatic heterocycles. The van der Waals surface area contributed by atoms with Crippen molar-refractivity contribution in [2.75, 3.05) is 18.5 Å². The number of rotatable bonds is 5. The fourth-order valence-corrected chi connectivity index (χ4v) is 2.70. The van der Waals surface area contributed by atoms with E-state index in [1.54, 1.807) is 18.2 Å². The topological polar surface area (TPSA) is 76.7 Å². The number of benzene rings is 2. The van der Waals surface area contributed by atoms with Crippen LogP contribution >= 0.6 is 0 Å². The Hall–Kier alpha value is -3.02. The summed E-state index contributed by atoms with van der Waals surface area (Å²) in [7, 11) is 0. The van der Waals surface area contributed by atoms with Crippen molar-refractivity contribution in [3.8, 4) is 11.5 Å². The van der Waals surface area contributed by atoms with Gasteiger partial charge in [-0.15, -0.1) is 0 Å². The lowest BCUT2D eigenvalue weighted by Gasteiger charge is -2.20. The van der Waals surface area contributed by atoms with Gasteiger partial charge in [-0.3, -0.25) is 9.59 Å². The summed E-state index contributed by atoms with van der Waals surface area (Å²) in [6.45, 7) is 2.45. The number of carbonyl (C=O) groups is 2. The highest BCUT2D eigenvalue weighted by molar-refractivity contribution is 5.92. The molecule has 0 aliphatic carbocycles. The average molecular weight is 340 g/mol. The molecule has 25 heavy (non-hydrogen) atoms. The third-order valence-electron chi connectivity index (χ3n) is 3.79. The van der Waals surface area contributed by atoms with Crippen LogP contribution in [0.15, 0.2) is 48.5 Å². The molecule has 3 rings (SSSR count). The zero-order valence-electron chi connectivity index (χ0n) is 14.0. The second-order valence-electron chi connectivity index (χ2n) is 5.77. The molecule has 0 unspecified atom stereocenters. The summed E-state index contributed by atoms with van der Waals surface area (Å²) in [6.07, 6.45) is 0.137. The van der Waals surface area contributed by atoms with Gasteiger partial charge in [-0.25, -0.2) is 0 Å². The van der Waals surface area contributed by atoms with E-state index in [0.717, 1.165) is 5.56 Å². The lowest BCUT2D eigenvalue weighted by molar-refractivity contribution is -0.120. The summed E-state index contributed by atoms with van der Waals surface area (Å²) in [4.78, 5) is 23.9. The highest BCUT2D eigenvalue weighted by Crippen LogP contribution is 2.32. The maximum absolute atomic E-state index is 12.4. The molecule has 0 aromatic heterocycles. The van der Waals surface area contributed by atoms with Gasteiger partial charge < -0.3 is 20.1 Å². The molecule has 2 N–H and O–H groups in total. The molecule has 1 heterocycles. The number of amides is 2. The third kappa shape index (κ3) is 4.50. The largest absolute Gasteiger partial charge is 0.486 e. The molecule has 0 saturated carbocycles. The smallest absolute Gasteiger partial charge is 0.226 e. The second kappa shape index (κ2) is 7.70. The molecule has 1 atom stereocenters. The predicted molar refractivity (Wildman–Crippen MR) is 93.7 cm³/mol. The van der Waals surface area contributed by atoms with Crippen molar-refractivity contribution in [2.45, 2.75) is 19.4 Å². The first-order valence-electron chi connectivity index (χ1n) is 8.13. The summed E-state index contributed by atoms with van der Waals surface area (Å²) in [5, 5.41) is 5.66. The molecule has 0 spiro atoms. The lowest BCUT2D eigenvalue weighted by Crippen LogP contribution is -2.29. The fraction of sp³-hybridized carbons (Fsp3) is 0.263. The number of nitrogens with one attached hydrogen (secondary N) is 2. The van der Waals surface area contributed by atoms with Gasteiger partial charge in [0.25, 0.3) is 0 Å². The van der Waals surface area contributed by atoms with Gasteiger partial charge in [0, 0.05) is 18.7 Å². The minimum absolute atomic E-state index is 0.137. The molecule has 2 amide bonds. The molecule has 6 nitrogen and oxygen atoms in total. The Morgan fingerprint density at radius 3 is 2.48 bits per heavy atom. The Morgan fingerprint density at radius 1 is 1.04 bits per heavy atom. The quantitative estimate of drug-likeness (QED) is 0.877. The van der Waals surface area contributed by atoms with Crippen LogP contribution in [0.4, 0.5) is 5.69 Å². The van der Waals surface area contributed by atoms with E-state index in [1.807, 2.05) is 30.3 Å². The van der Waals surface area contributed by atoms with Crippen molar-refractivity contribution < 1.29 is 19.1 Å². The summed E-state index contributed by atoms with van der Waals surface area (Å²) in [6, 6.07) is 14.3. The van der Waals surface area contributed by atoms with Crippen LogP contribution in [-0.2, 0) is 9.59 Å². The molecule has 0 radical (unpaired) electrons. The van der Waals surface area contributed by atoms with Crippen molar-refractivity contribution >= 4 is 17.5 Å². The number of ether oxygens (including phenoxy) is 2. The van der Waals surface area contributed by atoms with E-state index < -0.39 is 0 Å². The van der Waals surface area contributed by atoms with Crippen molar-refractivity contribution in [1.82, 2.24) is 5.32 Å². The molecular weight excluding hydrogens is 320 g/mol. The van der Waals surface area contributed by atoms with E-state index in [2.05, 4.69) is 10.6 Å². The van der Waals surface area contributed by atoms with Gasteiger partial charge >= 0.3 is 0 Å². The number of fused-ring (bicyclic) bond motifs is 1. The van der Waals surface area contributed by atoms with Crippen LogP contribution in [0.5, 0.6) is 11.5 Å². The molecular formula is C19H20N2O4. The summed E-state index contributed by atoms with van der Waals surface area (Å²) in [5.41, 5.74) is 1.51. The van der Waals surface area contributed by atoms with E-state index in [4.69, 9.17) is 9.47 Å². The highest BCUT2D eigenvalue weighted by atomic mass is 16.6. The van der Waals surface area contributed by atoms with Gasteiger partial charge in [0.1, 0.15) is 13.2 Å². The van der Waals surface area contributed by atoms with Gasteiger partial charge in [0.2, 0.25) is 11.8 Å². The zero-order chi connectivity index (χ0) is 17.6. The number of carbonyl (C=O) groups excluding carboxylic acids is 2. The molecule has 6 heteroatoms. The van der Waals surface area contributed by atoms with E-state index in [-0.39, 0.29) is 24.3 Å². The molecule has 0 fully saturated rings. The summed E-state index contributed by atoms with van der Waals surface area (Å²) >= 11 is 0. The van der Waals surface area contributed by atoms with Gasteiger partial charge in [0.15, 0.2) is 11.5 Å². The van der Waals surface area contributed by atoms with Gasteiger partial charge in [-0.1, -0.05) is 30.3 Å². The average Bonchev–Trinajstić information content (AvgIpc) is 2.61. The van der Waals surface area contributed by atoms with E-state index >= 15 is 0 Å². The van der Waals surface area contributed by atoms with Crippen molar-refractivity contribution in [2.24, 2.45) is 0 Å². The molecule has 2 aromatic carbocycles. The van der Waals surface area contributed by atoms with Gasteiger partial charge in [0.05, 0.1) is 12.5 Å². The lowest BCUT2D eigenvalue weighted by atomic mass is 10.0. The van der Waals surface area contributed by atoms with Crippen LogP contribution in [0.1, 0.15) is 24.9 Å². The Bertz CT molecular complexity index is 761. The second-order valence-corrected chi connectivity index (χ2v) is 5.77. The first-order valence-corrected chi connectivity index (χ1v) is 8.13. The first kappa shape index (κ1) is 16.8. The maximum Gasteiger partial charge on any atom is 0.226 e. The minimum Gasteiger partial charge on any atom is -0.486 e. The molecule has 2 aromatic rings. The van der Waals surface area contributed by atoms with E-state index in [9.17, 15) is 9.59 Å². The summed E-state index contributed by atoms with van der Waals surface area (Å²) in [5.74, 6) is 0.912. The Morgan fingerprint density at radius 2 is 1.76 bits per heavy atom. The number of hydrogen-bond donors (Lipinski definition) is 2. The molecule has 1 aliphatic rings. The molecule has 0 bridgehead atoms. The maximum atomic E-state index is 12.4. The van der Waals surface area contributed by atoms with Crippen LogP contribution in [0, 0.1) is 0 Å². The standard InChI is InChI=1S/C19H20N2O4/c1-13(22)20-16(14-5-3-2-4-6-14)12-19(23)21-15-7-8-17-18(11-15)25-10-9-24-17/h2-8,11,16H,9-10,12H2,1H3,(H,20,22)(H,21,23)/t16-/m0/s1. The Balaban J connectivity index is 1.68.